The number of nitrogens with one attached hydrogen (secondary N) is 3. The molecule has 0 spiro atoms. The van der Waals surface area contributed by atoms with Crippen LogP contribution in [0.5, 0.6) is 0 Å². The second-order valence-electron chi connectivity index (χ2n) is 7.91. The Balaban J connectivity index is 0.000000638. The van der Waals surface area contributed by atoms with E-state index in [2.05, 4.69) is 25.9 Å². The first kappa shape index (κ1) is 29.9. The number of carboxylic acid groups (broad SMARTS) is 1. The molecule has 0 aliphatic heterocycles. The first-order valence-corrected chi connectivity index (χ1v) is 11.3. The Labute approximate surface area is 215 Å². The Morgan fingerprint density at radius 1 is 0.895 bits per heavy atom. The van der Waals surface area contributed by atoms with Gasteiger partial charge in [-0.05, 0) is 48.7 Å². The smallest absolute Gasteiger partial charge is 0.475 e. The van der Waals surface area contributed by atoms with Gasteiger partial charge in [-0.2, -0.15) is 18.2 Å². The van der Waals surface area contributed by atoms with Crippen LogP contribution in [0.4, 0.5) is 33.7 Å². The highest BCUT2D eigenvalue weighted by Gasteiger charge is 2.38. The number of carboxylic acids is 1. The molecular weight excluding hydrogens is 513 g/mol. The van der Waals surface area contributed by atoms with Gasteiger partial charge < -0.3 is 21.1 Å². The van der Waals surface area contributed by atoms with Crippen molar-refractivity contribution >= 4 is 23.6 Å². The SMILES string of the molecule is Cc1cc(NCCC(=O)NCc2cccc(F)c2)nc(NCCc2ccc(F)cc2)n1.O=C(O)C(F)(F)F. The number of aromatic nitrogens is 2. The maximum atomic E-state index is 13.2. The van der Waals surface area contributed by atoms with Crippen molar-refractivity contribution in [2.24, 2.45) is 0 Å². The lowest BCUT2D eigenvalue weighted by Gasteiger charge is -2.10. The number of hydrogen-bond acceptors (Lipinski definition) is 6. The zero-order valence-corrected chi connectivity index (χ0v) is 20.3. The third kappa shape index (κ3) is 11.6. The van der Waals surface area contributed by atoms with Gasteiger partial charge in [-0.1, -0.05) is 24.3 Å². The number of rotatable bonds is 10. The van der Waals surface area contributed by atoms with Crippen LogP contribution < -0.4 is 16.0 Å². The van der Waals surface area contributed by atoms with Crippen molar-refractivity contribution in [3.05, 3.63) is 83.1 Å². The van der Waals surface area contributed by atoms with Crippen LogP contribution in [0.15, 0.2) is 54.6 Å². The molecule has 0 saturated carbocycles. The number of aryl methyl sites for hydroxylation is 1. The van der Waals surface area contributed by atoms with E-state index in [4.69, 9.17) is 9.90 Å². The Kier molecular flexibility index (Phi) is 11.4. The maximum absolute atomic E-state index is 13.2. The molecule has 1 amide bonds. The fourth-order valence-electron chi connectivity index (χ4n) is 2.95. The highest BCUT2D eigenvalue weighted by Crippen LogP contribution is 2.13. The van der Waals surface area contributed by atoms with Gasteiger partial charge in [0.1, 0.15) is 17.5 Å². The molecule has 0 unspecified atom stereocenters. The van der Waals surface area contributed by atoms with Gasteiger partial charge in [-0.15, -0.1) is 0 Å². The number of halogens is 5. The summed E-state index contributed by atoms with van der Waals surface area (Å²) in [6, 6.07) is 14.3. The third-order valence-electron chi connectivity index (χ3n) is 4.74. The Bertz CT molecular complexity index is 1210. The van der Waals surface area contributed by atoms with Crippen LogP contribution in [0.25, 0.3) is 0 Å². The van der Waals surface area contributed by atoms with Gasteiger partial charge in [0, 0.05) is 37.8 Å². The van der Waals surface area contributed by atoms with Crippen LogP contribution in [-0.2, 0) is 22.6 Å². The molecule has 0 fully saturated rings. The predicted molar refractivity (Wildman–Crippen MR) is 130 cm³/mol. The summed E-state index contributed by atoms with van der Waals surface area (Å²) in [6.07, 6.45) is -4.11. The molecule has 2 aromatic carbocycles. The van der Waals surface area contributed by atoms with Gasteiger partial charge in [0.25, 0.3) is 0 Å². The molecule has 8 nitrogen and oxygen atoms in total. The van der Waals surface area contributed by atoms with E-state index in [1.807, 2.05) is 6.92 Å². The van der Waals surface area contributed by atoms with E-state index in [0.717, 1.165) is 11.3 Å². The van der Waals surface area contributed by atoms with E-state index in [1.165, 1.54) is 24.3 Å². The number of nitrogens with zero attached hydrogens (tertiary/aromatic N) is 2. The third-order valence-corrected chi connectivity index (χ3v) is 4.74. The van der Waals surface area contributed by atoms with E-state index in [0.29, 0.717) is 36.8 Å². The molecule has 0 aliphatic carbocycles. The van der Waals surface area contributed by atoms with Gasteiger partial charge in [0.2, 0.25) is 11.9 Å². The average Bonchev–Trinajstić information content (AvgIpc) is 2.84. The molecule has 0 atom stereocenters. The molecule has 0 radical (unpaired) electrons. The number of benzene rings is 2. The zero-order chi connectivity index (χ0) is 28.1. The molecule has 3 aromatic rings. The zero-order valence-electron chi connectivity index (χ0n) is 20.3. The molecule has 1 heterocycles. The van der Waals surface area contributed by atoms with Crippen LogP contribution in [0, 0.1) is 18.6 Å². The predicted octanol–water partition coefficient (Wildman–Crippen LogP) is 4.47. The van der Waals surface area contributed by atoms with Crippen molar-refractivity contribution in [1.29, 1.82) is 0 Å². The largest absolute Gasteiger partial charge is 0.490 e. The fourth-order valence-corrected chi connectivity index (χ4v) is 2.95. The van der Waals surface area contributed by atoms with Crippen molar-refractivity contribution < 1.29 is 36.6 Å². The van der Waals surface area contributed by atoms with Crippen molar-refractivity contribution in [3.63, 3.8) is 0 Å². The summed E-state index contributed by atoms with van der Waals surface area (Å²) in [5, 5.41) is 16.2. The molecule has 1 aromatic heterocycles. The Morgan fingerprint density at radius 2 is 1.58 bits per heavy atom. The van der Waals surface area contributed by atoms with E-state index >= 15 is 0 Å². The van der Waals surface area contributed by atoms with Crippen molar-refractivity contribution in [1.82, 2.24) is 15.3 Å². The van der Waals surface area contributed by atoms with Crippen molar-refractivity contribution in [3.8, 4) is 0 Å². The van der Waals surface area contributed by atoms with Gasteiger partial charge in [0.05, 0.1) is 0 Å². The van der Waals surface area contributed by atoms with Crippen LogP contribution >= 0.6 is 0 Å². The Morgan fingerprint density at radius 3 is 2.21 bits per heavy atom. The van der Waals surface area contributed by atoms with Crippen LogP contribution in [-0.4, -0.2) is 46.2 Å². The second-order valence-corrected chi connectivity index (χ2v) is 7.91. The first-order valence-electron chi connectivity index (χ1n) is 11.3. The van der Waals surface area contributed by atoms with Gasteiger partial charge in [-0.3, -0.25) is 4.79 Å². The monoisotopic (exact) mass is 539 g/mol. The van der Waals surface area contributed by atoms with E-state index < -0.39 is 12.1 Å². The fraction of sp³-hybridized carbons (Fsp3) is 0.280. The minimum atomic E-state index is -5.08. The number of alkyl halides is 3. The summed E-state index contributed by atoms with van der Waals surface area (Å²) >= 11 is 0. The van der Waals surface area contributed by atoms with E-state index in [9.17, 15) is 26.7 Å². The second kappa shape index (κ2) is 14.4. The molecule has 0 bridgehead atoms. The Hall–Kier alpha value is -4.29. The molecule has 3 rings (SSSR count). The van der Waals surface area contributed by atoms with Crippen LogP contribution in [0.3, 0.4) is 0 Å². The number of amides is 1. The highest BCUT2D eigenvalue weighted by atomic mass is 19.4. The number of hydrogen-bond donors (Lipinski definition) is 4. The lowest BCUT2D eigenvalue weighted by Crippen LogP contribution is -2.25. The standard InChI is InChI=1S/C23H25F2N5O.C2HF3O2/c1-16-13-21(26-12-10-22(31)28-15-18-3-2-4-20(25)14-18)30-23(29-16)27-11-9-17-5-7-19(24)8-6-17;3-2(4,5)1(6)7/h2-8,13-14H,9-12,15H2,1H3,(H,28,31)(H2,26,27,29,30);(H,6,7). The number of carbonyl (C=O) groups is 2. The molecule has 13 heteroatoms. The maximum Gasteiger partial charge on any atom is 0.490 e. The summed E-state index contributed by atoms with van der Waals surface area (Å²) in [5.74, 6) is -2.37. The van der Waals surface area contributed by atoms with Crippen LogP contribution in [0.2, 0.25) is 0 Å². The quantitative estimate of drug-likeness (QED) is 0.281. The summed E-state index contributed by atoms with van der Waals surface area (Å²) < 4.78 is 57.9. The minimum absolute atomic E-state index is 0.139. The van der Waals surface area contributed by atoms with Gasteiger partial charge in [0.15, 0.2) is 0 Å². The number of anilines is 2. The topological polar surface area (TPSA) is 116 Å². The molecule has 204 valence electrons. The van der Waals surface area contributed by atoms with Gasteiger partial charge >= 0.3 is 12.1 Å². The molecule has 0 aliphatic rings. The molecular formula is C25H26F5N5O3. The summed E-state index contributed by atoms with van der Waals surface area (Å²) in [5.41, 5.74) is 2.52. The first-order chi connectivity index (χ1) is 17.9. The highest BCUT2D eigenvalue weighted by molar-refractivity contribution is 5.76. The van der Waals surface area contributed by atoms with E-state index in [1.54, 1.807) is 30.3 Å². The van der Waals surface area contributed by atoms with Crippen LogP contribution in [0.1, 0.15) is 23.2 Å². The number of carbonyl (C=O) groups excluding carboxylic acids is 1. The lowest BCUT2D eigenvalue weighted by molar-refractivity contribution is -0.192. The molecule has 0 saturated heterocycles. The van der Waals surface area contributed by atoms with E-state index in [-0.39, 0.29) is 30.5 Å². The van der Waals surface area contributed by atoms with Gasteiger partial charge in [-0.25, -0.2) is 18.6 Å². The lowest BCUT2D eigenvalue weighted by atomic mass is 10.1. The number of aliphatic carboxylic acids is 1. The molecule has 4 N–H and O–H groups in total. The minimum Gasteiger partial charge on any atom is -0.475 e. The summed E-state index contributed by atoms with van der Waals surface area (Å²) in [7, 11) is 0. The summed E-state index contributed by atoms with van der Waals surface area (Å²) in [6.45, 7) is 3.16. The van der Waals surface area contributed by atoms with Crippen molar-refractivity contribution in [2.75, 3.05) is 23.7 Å². The summed E-state index contributed by atoms with van der Waals surface area (Å²) in [4.78, 5) is 29.7. The average molecular weight is 540 g/mol. The normalized spacial score (nSPS) is 10.7. The van der Waals surface area contributed by atoms with Crippen molar-refractivity contribution in [2.45, 2.75) is 32.5 Å². The molecule has 38 heavy (non-hydrogen) atoms.